The molecule has 6 aromatic carbocycles. The molecule has 0 bridgehead atoms. The van der Waals surface area contributed by atoms with Gasteiger partial charge in [0.05, 0.1) is 28.6 Å². The molecule has 7 aromatic rings. The Morgan fingerprint density at radius 1 is 0.696 bits per heavy atom. The zero-order chi connectivity index (χ0) is 46.4. The van der Waals surface area contributed by atoms with Crippen molar-refractivity contribution < 1.29 is 5.32 Å². The molecule has 1 aromatic heterocycles. The van der Waals surface area contributed by atoms with Crippen LogP contribution in [0.25, 0.3) is 55.3 Å². The molecule has 69 heavy (non-hydrogen) atoms. The minimum Gasteiger partial charge on any atom is -0.397 e. The Balaban J connectivity index is 0.984. The van der Waals surface area contributed by atoms with Crippen LogP contribution in [-0.2, 0) is 0 Å². The van der Waals surface area contributed by atoms with E-state index in [4.69, 9.17) is 5.73 Å². The number of allylic oxidation sites excluding steroid dienone is 17. The quantitative estimate of drug-likeness (QED) is 0.115. The van der Waals surface area contributed by atoms with Crippen molar-refractivity contribution in [2.45, 2.75) is 51.6 Å². The fourth-order valence-electron chi connectivity index (χ4n) is 11.5. The topological polar surface area (TPSA) is 71.6 Å². The summed E-state index contributed by atoms with van der Waals surface area (Å²) in [4.78, 5) is 0. The second-order valence-corrected chi connectivity index (χ2v) is 19.2. The average Bonchev–Trinajstić information content (AvgIpc) is 3.75. The molecule has 12 rings (SSSR count). The van der Waals surface area contributed by atoms with Crippen LogP contribution in [0, 0.1) is 18.8 Å². The summed E-state index contributed by atoms with van der Waals surface area (Å²) in [5.41, 5.74) is 27.9. The summed E-state index contributed by atoms with van der Waals surface area (Å²) in [5, 5.41) is 13.0. The number of fused-ring (bicyclic) bond motifs is 4. The van der Waals surface area contributed by atoms with Gasteiger partial charge in [0.2, 0.25) is 0 Å². The van der Waals surface area contributed by atoms with Crippen molar-refractivity contribution in [2.75, 3.05) is 5.73 Å². The lowest BCUT2D eigenvalue weighted by Crippen LogP contribution is -2.96. The molecule has 4 aliphatic carbocycles. The molecule has 0 saturated carbocycles. The maximum absolute atomic E-state index is 7.47. The molecule has 6 N–H and O–H groups in total. The summed E-state index contributed by atoms with van der Waals surface area (Å²) < 4.78 is 2.44. The van der Waals surface area contributed by atoms with Gasteiger partial charge in [-0.05, 0) is 119 Å². The fraction of sp³-hybridized carbons (Fsp3) is 0.156. The van der Waals surface area contributed by atoms with Crippen molar-refractivity contribution in [3.8, 4) is 27.9 Å². The number of quaternary nitrogens is 1. The second-order valence-electron chi connectivity index (χ2n) is 19.2. The minimum atomic E-state index is -0.0709. The maximum atomic E-state index is 7.47. The smallest absolute Gasteiger partial charge is 0.169 e. The van der Waals surface area contributed by atoms with Crippen LogP contribution in [0.3, 0.4) is 0 Å². The summed E-state index contributed by atoms with van der Waals surface area (Å²) >= 11 is 0. The largest absolute Gasteiger partial charge is 0.397 e. The molecule has 0 radical (unpaired) electrons. The third-order valence-electron chi connectivity index (χ3n) is 15.1. The van der Waals surface area contributed by atoms with Crippen molar-refractivity contribution >= 4 is 33.1 Å². The molecular formula is C64H58N5+. The summed E-state index contributed by atoms with van der Waals surface area (Å²) in [6, 6.07) is 48.8. The zero-order valence-electron chi connectivity index (χ0n) is 39.3. The van der Waals surface area contributed by atoms with Gasteiger partial charge in [-0.25, -0.2) is 10.6 Å². The van der Waals surface area contributed by atoms with Crippen LogP contribution in [0.5, 0.6) is 0 Å². The van der Waals surface area contributed by atoms with E-state index in [2.05, 4.69) is 247 Å². The van der Waals surface area contributed by atoms with E-state index >= 15 is 0 Å². The van der Waals surface area contributed by atoms with Gasteiger partial charge in [-0.1, -0.05) is 182 Å². The predicted octanol–water partition coefficient (Wildman–Crippen LogP) is 13.6. The lowest BCUT2D eigenvalue weighted by Gasteiger charge is -2.38. The van der Waals surface area contributed by atoms with E-state index in [9.17, 15) is 0 Å². The fourth-order valence-corrected chi connectivity index (χ4v) is 11.5. The summed E-state index contributed by atoms with van der Waals surface area (Å²) in [7, 11) is 0. The van der Waals surface area contributed by atoms with Gasteiger partial charge in [-0.3, -0.25) is 0 Å². The monoisotopic (exact) mass is 896 g/mol. The van der Waals surface area contributed by atoms with Gasteiger partial charge in [0.1, 0.15) is 0 Å². The number of nitrogens with two attached hydrogens (primary N) is 2. The maximum Gasteiger partial charge on any atom is 0.169 e. The molecule has 1 aliphatic heterocycles. The number of nitrogens with one attached hydrogen (secondary N) is 2. The number of rotatable bonds is 8. The van der Waals surface area contributed by atoms with Crippen LogP contribution in [0.2, 0.25) is 0 Å². The molecule has 5 aliphatic rings. The Bertz CT molecular complexity index is 3460. The number of para-hydroxylation sites is 1. The second kappa shape index (κ2) is 18.2. The Morgan fingerprint density at radius 2 is 1.49 bits per heavy atom. The highest BCUT2D eigenvalue weighted by Gasteiger charge is 2.35. The first-order valence-electron chi connectivity index (χ1n) is 24.7. The Hall–Kier alpha value is -7.54. The van der Waals surface area contributed by atoms with E-state index < -0.39 is 0 Å². The van der Waals surface area contributed by atoms with Crippen molar-refractivity contribution in [3.05, 3.63) is 257 Å². The van der Waals surface area contributed by atoms with E-state index in [1.54, 1.807) is 0 Å². The standard InChI is InChI=1S/C64H57N5/c1-41-18-9-11-29-51(41)60-53(42(2)52-32-17-24-45-23-10-12-30-54(45)52)35-36-56-55-31-13-14-33-58(55)69(61(56)60)59-37-34-50(40-57(59)65)64-67-62(48-27-15-25-46(38-48)43-19-5-3-6-20-43)66-63(68-64)49-28-16-26-47(39-49)44-21-7-4-8-22-44/h3-15,17-21,23-27,29-40,44,54,62-64,66-68H,16,22,28,65H2,1-2H3/p+1. The highest BCUT2D eigenvalue weighted by molar-refractivity contribution is 6.16. The number of aromatic nitrogens is 1. The van der Waals surface area contributed by atoms with Crippen LogP contribution < -0.4 is 21.7 Å². The highest BCUT2D eigenvalue weighted by Crippen LogP contribution is 2.46. The van der Waals surface area contributed by atoms with E-state index in [0.717, 1.165) is 41.7 Å². The van der Waals surface area contributed by atoms with E-state index in [0.29, 0.717) is 5.92 Å². The van der Waals surface area contributed by atoms with Gasteiger partial charge in [-0.2, -0.15) is 0 Å². The van der Waals surface area contributed by atoms with Crippen molar-refractivity contribution in [3.63, 3.8) is 0 Å². The van der Waals surface area contributed by atoms with Crippen LogP contribution in [0.4, 0.5) is 5.69 Å². The number of nitrogen functional groups attached to an aromatic ring is 1. The predicted molar refractivity (Wildman–Crippen MR) is 288 cm³/mol. The van der Waals surface area contributed by atoms with Gasteiger partial charge in [0.25, 0.3) is 0 Å². The SMILES string of the molecule is CC(=C1C=CC=C2C=CC=CC21)c1ccc2c3ccccc3n(-c3ccc(C4NC(C5=CC(C6C=CC=CC6)=CCC5)NC(c5cccc(-c6ccccc6)c5)[NH2+]4)cc3N)c2c1-c1ccccc1C. The number of hydrogen-bond donors (Lipinski definition) is 4. The molecule has 5 heteroatoms. The Kier molecular flexibility index (Phi) is 11.3. The molecule has 5 atom stereocenters. The molecule has 0 spiro atoms. The number of hydrogen-bond acceptors (Lipinski definition) is 3. The lowest BCUT2D eigenvalue weighted by atomic mass is 9.79. The molecule has 338 valence electrons. The van der Waals surface area contributed by atoms with Gasteiger partial charge >= 0.3 is 0 Å². The van der Waals surface area contributed by atoms with Crippen LogP contribution >= 0.6 is 0 Å². The van der Waals surface area contributed by atoms with E-state index in [1.165, 1.54) is 83.1 Å². The third kappa shape index (κ3) is 7.93. The van der Waals surface area contributed by atoms with Gasteiger partial charge < -0.3 is 15.6 Å². The number of benzene rings is 6. The summed E-state index contributed by atoms with van der Waals surface area (Å²) in [6.45, 7) is 4.54. The lowest BCUT2D eigenvalue weighted by molar-refractivity contribution is -0.754. The van der Waals surface area contributed by atoms with Crippen LogP contribution in [0.1, 0.15) is 60.8 Å². The molecule has 5 nitrogen and oxygen atoms in total. The van der Waals surface area contributed by atoms with E-state index in [1.807, 2.05) is 0 Å². The normalized spacial score (nSPS) is 22.6. The molecule has 2 heterocycles. The summed E-state index contributed by atoms with van der Waals surface area (Å²) in [6.07, 6.45) is 32.5. The first-order valence-corrected chi connectivity index (χ1v) is 24.7. The number of nitrogens with zero attached hydrogens (tertiary/aromatic N) is 1. The first kappa shape index (κ1) is 42.8. The van der Waals surface area contributed by atoms with Crippen molar-refractivity contribution in [1.29, 1.82) is 0 Å². The molecular weight excluding hydrogens is 839 g/mol. The van der Waals surface area contributed by atoms with Crippen LogP contribution in [0.15, 0.2) is 235 Å². The Morgan fingerprint density at radius 3 is 2.33 bits per heavy atom. The Labute approximate surface area is 405 Å². The first-order chi connectivity index (χ1) is 34.0. The highest BCUT2D eigenvalue weighted by atomic mass is 15.4. The van der Waals surface area contributed by atoms with Gasteiger partial charge in [0.15, 0.2) is 12.3 Å². The average molecular weight is 897 g/mol. The zero-order valence-corrected chi connectivity index (χ0v) is 39.3. The molecule has 1 saturated heterocycles. The molecule has 1 fully saturated rings. The minimum absolute atomic E-state index is 0.00549. The van der Waals surface area contributed by atoms with Crippen molar-refractivity contribution in [1.82, 2.24) is 15.2 Å². The third-order valence-corrected chi connectivity index (χ3v) is 15.1. The molecule has 0 amide bonds. The van der Waals surface area contributed by atoms with Crippen molar-refractivity contribution in [2.24, 2.45) is 11.8 Å². The number of aryl methyl sites for hydroxylation is 1. The number of anilines is 1. The summed E-state index contributed by atoms with van der Waals surface area (Å²) in [5.74, 6) is 0.618. The van der Waals surface area contributed by atoms with Gasteiger partial charge in [-0.15, -0.1) is 0 Å². The van der Waals surface area contributed by atoms with Gasteiger partial charge in [0, 0.05) is 39.3 Å². The van der Waals surface area contributed by atoms with Crippen LogP contribution in [-0.4, -0.2) is 10.7 Å². The van der Waals surface area contributed by atoms with E-state index in [-0.39, 0.29) is 24.4 Å². The molecule has 5 unspecified atom stereocenters.